The van der Waals surface area contributed by atoms with Gasteiger partial charge in [0.25, 0.3) is 10.0 Å². The topological polar surface area (TPSA) is 72.2 Å². The fourth-order valence-electron chi connectivity index (χ4n) is 1.62. The Morgan fingerprint density at radius 1 is 1.20 bits per heavy atom. The Labute approximate surface area is 121 Å². The molecule has 0 unspecified atom stereocenters. The summed E-state index contributed by atoms with van der Waals surface area (Å²) in [7, 11) is -3.87. The molecule has 7 heteroatoms. The maximum Gasteiger partial charge on any atom is 0.261 e. The minimum atomic E-state index is -3.87. The van der Waals surface area contributed by atoms with Crippen molar-refractivity contribution in [3.8, 4) is 0 Å². The van der Waals surface area contributed by atoms with Gasteiger partial charge >= 0.3 is 0 Å². The molecule has 0 aliphatic carbocycles. The van der Waals surface area contributed by atoms with Crippen LogP contribution in [0.2, 0.25) is 5.02 Å². The van der Waals surface area contributed by atoms with Crippen molar-refractivity contribution in [3.63, 3.8) is 0 Å². The van der Waals surface area contributed by atoms with Crippen LogP contribution >= 0.6 is 11.6 Å². The first-order valence-electron chi connectivity index (χ1n) is 5.69. The SMILES string of the molecule is NCc1cccc(S(=O)(=O)Nc2ccc(Cl)cc2F)c1. The summed E-state index contributed by atoms with van der Waals surface area (Å²) in [5.41, 5.74) is 5.98. The number of nitrogens with two attached hydrogens (primary N) is 1. The van der Waals surface area contributed by atoms with Gasteiger partial charge in [-0.15, -0.1) is 0 Å². The van der Waals surface area contributed by atoms with Crippen molar-refractivity contribution in [1.82, 2.24) is 0 Å². The van der Waals surface area contributed by atoms with Gasteiger partial charge in [-0.1, -0.05) is 23.7 Å². The first kappa shape index (κ1) is 14.8. The number of sulfonamides is 1. The van der Waals surface area contributed by atoms with Crippen LogP contribution in [0.25, 0.3) is 0 Å². The molecule has 2 rings (SSSR count). The second-order valence-electron chi connectivity index (χ2n) is 4.08. The molecule has 0 atom stereocenters. The number of hydrogen-bond donors (Lipinski definition) is 2. The Bertz CT molecular complexity index is 735. The second kappa shape index (κ2) is 5.78. The lowest BCUT2D eigenvalue weighted by atomic mass is 10.2. The van der Waals surface area contributed by atoms with Gasteiger partial charge < -0.3 is 5.73 Å². The predicted octanol–water partition coefficient (Wildman–Crippen LogP) is 2.74. The van der Waals surface area contributed by atoms with Crippen molar-refractivity contribution in [2.75, 3.05) is 4.72 Å². The van der Waals surface area contributed by atoms with Gasteiger partial charge in [0, 0.05) is 11.6 Å². The Morgan fingerprint density at radius 3 is 2.60 bits per heavy atom. The minimum absolute atomic E-state index is 0.0230. The first-order valence-corrected chi connectivity index (χ1v) is 7.55. The van der Waals surface area contributed by atoms with Crippen molar-refractivity contribution < 1.29 is 12.8 Å². The van der Waals surface area contributed by atoms with Gasteiger partial charge in [-0.05, 0) is 35.9 Å². The summed E-state index contributed by atoms with van der Waals surface area (Å²) in [4.78, 5) is 0.0230. The molecule has 0 fully saturated rings. The molecule has 20 heavy (non-hydrogen) atoms. The normalized spacial score (nSPS) is 11.3. The van der Waals surface area contributed by atoms with Crippen LogP contribution in [0.15, 0.2) is 47.4 Å². The average molecular weight is 315 g/mol. The van der Waals surface area contributed by atoms with Gasteiger partial charge in [0.05, 0.1) is 10.6 Å². The van der Waals surface area contributed by atoms with E-state index >= 15 is 0 Å². The van der Waals surface area contributed by atoms with Crippen molar-refractivity contribution >= 4 is 27.3 Å². The van der Waals surface area contributed by atoms with E-state index < -0.39 is 15.8 Å². The zero-order chi connectivity index (χ0) is 14.8. The summed E-state index contributed by atoms with van der Waals surface area (Å²) in [6.45, 7) is 0.221. The van der Waals surface area contributed by atoms with Gasteiger partial charge in [-0.2, -0.15) is 0 Å². The Balaban J connectivity index is 2.35. The fraction of sp³-hybridized carbons (Fsp3) is 0.0769. The molecule has 0 saturated heterocycles. The van der Waals surface area contributed by atoms with Gasteiger partial charge in [0.15, 0.2) is 0 Å². The molecule has 0 aliphatic heterocycles. The van der Waals surface area contributed by atoms with Crippen LogP contribution in [0.3, 0.4) is 0 Å². The van der Waals surface area contributed by atoms with E-state index in [1.165, 1.54) is 24.3 Å². The zero-order valence-electron chi connectivity index (χ0n) is 10.3. The lowest BCUT2D eigenvalue weighted by molar-refractivity contribution is 0.598. The fourth-order valence-corrected chi connectivity index (χ4v) is 2.91. The number of anilines is 1. The number of rotatable bonds is 4. The van der Waals surface area contributed by atoms with Crippen molar-refractivity contribution in [3.05, 3.63) is 58.9 Å². The highest BCUT2D eigenvalue weighted by Gasteiger charge is 2.16. The molecule has 106 valence electrons. The van der Waals surface area contributed by atoms with Crippen molar-refractivity contribution in [2.45, 2.75) is 11.4 Å². The molecule has 0 amide bonds. The van der Waals surface area contributed by atoms with Crippen molar-refractivity contribution in [2.24, 2.45) is 5.73 Å². The summed E-state index contributed by atoms with van der Waals surface area (Å²) < 4.78 is 40.1. The van der Waals surface area contributed by atoms with Crippen LogP contribution in [0.4, 0.5) is 10.1 Å². The maximum absolute atomic E-state index is 13.6. The first-order chi connectivity index (χ1) is 9.42. The third-order valence-electron chi connectivity index (χ3n) is 2.62. The van der Waals surface area contributed by atoms with Gasteiger partial charge in [-0.25, -0.2) is 12.8 Å². The monoisotopic (exact) mass is 314 g/mol. The molecule has 3 N–H and O–H groups in total. The van der Waals surface area contributed by atoms with Gasteiger partial charge in [0.1, 0.15) is 5.82 Å². The Morgan fingerprint density at radius 2 is 1.95 bits per heavy atom. The standard InChI is InChI=1S/C13H12ClFN2O2S/c14-10-4-5-13(12(15)7-10)17-20(18,19)11-3-1-2-9(6-11)8-16/h1-7,17H,8,16H2. The molecule has 2 aromatic rings. The van der Waals surface area contributed by atoms with Gasteiger partial charge in [0.2, 0.25) is 0 Å². The highest BCUT2D eigenvalue weighted by Crippen LogP contribution is 2.22. The molecule has 0 radical (unpaired) electrons. The van der Waals surface area contributed by atoms with E-state index in [0.29, 0.717) is 5.56 Å². The van der Waals surface area contributed by atoms with Crippen molar-refractivity contribution in [1.29, 1.82) is 0 Å². The van der Waals surface area contributed by atoms with Crippen LogP contribution < -0.4 is 10.5 Å². The zero-order valence-corrected chi connectivity index (χ0v) is 11.9. The Hall–Kier alpha value is -1.63. The molecule has 0 saturated carbocycles. The highest BCUT2D eigenvalue weighted by molar-refractivity contribution is 7.92. The number of benzene rings is 2. The molecular formula is C13H12ClFN2O2S. The molecule has 0 heterocycles. The predicted molar refractivity (Wildman–Crippen MR) is 76.6 cm³/mol. The average Bonchev–Trinajstić information content (AvgIpc) is 2.42. The minimum Gasteiger partial charge on any atom is -0.326 e. The van der Waals surface area contributed by atoms with Gasteiger partial charge in [-0.3, -0.25) is 4.72 Å². The maximum atomic E-state index is 13.6. The second-order valence-corrected chi connectivity index (χ2v) is 6.20. The lowest BCUT2D eigenvalue weighted by Gasteiger charge is -2.10. The van der Waals surface area contributed by atoms with E-state index in [1.807, 2.05) is 0 Å². The molecule has 0 aromatic heterocycles. The largest absolute Gasteiger partial charge is 0.326 e. The summed E-state index contributed by atoms with van der Waals surface area (Å²) in [6, 6.07) is 9.85. The molecular weight excluding hydrogens is 303 g/mol. The molecule has 0 bridgehead atoms. The summed E-state index contributed by atoms with van der Waals surface area (Å²) in [6.07, 6.45) is 0. The highest BCUT2D eigenvalue weighted by atomic mass is 35.5. The molecule has 4 nitrogen and oxygen atoms in total. The number of nitrogens with one attached hydrogen (secondary N) is 1. The van der Waals surface area contributed by atoms with E-state index in [-0.39, 0.29) is 22.2 Å². The van der Waals surface area contributed by atoms with Crippen LogP contribution in [0.5, 0.6) is 0 Å². The van der Waals surface area contributed by atoms with E-state index in [9.17, 15) is 12.8 Å². The number of hydrogen-bond acceptors (Lipinski definition) is 3. The molecule has 0 spiro atoms. The summed E-state index contributed by atoms with van der Waals surface area (Å²) in [5, 5.41) is 0.190. The molecule has 0 aliphatic rings. The van der Waals surface area contributed by atoms with E-state index in [4.69, 9.17) is 17.3 Å². The smallest absolute Gasteiger partial charge is 0.261 e. The Kier molecular flexibility index (Phi) is 4.27. The summed E-state index contributed by atoms with van der Waals surface area (Å²) >= 11 is 5.61. The van der Waals surface area contributed by atoms with E-state index in [1.54, 1.807) is 12.1 Å². The lowest BCUT2D eigenvalue weighted by Crippen LogP contribution is -2.14. The van der Waals surface area contributed by atoms with E-state index in [0.717, 1.165) is 6.07 Å². The molecule has 2 aromatic carbocycles. The summed E-state index contributed by atoms with van der Waals surface area (Å²) in [5.74, 6) is -0.740. The quantitative estimate of drug-likeness (QED) is 0.911. The third kappa shape index (κ3) is 3.27. The van der Waals surface area contributed by atoms with E-state index in [2.05, 4.69) is 4.72 Å². The number of halogens is 2. The van der Waals surface area contributed by atoms with Crippen LogP contribution in [-0.4, -0.2) is 8.42 Å². The van der Waals surface area contributed by atoms with Crippen LogP contribution in [0.1, 0.15) is 5.56 Å². The van der Waals surface area contributed by atoms with Crippen LogP contribution in [-0.2, 0) is 16.6 Å². The third-order valence-corrected chi connectivity index (χ3v) is 4.22. The van der Waals surface area contributed by atoms with Crippen LogP contribution in [0, 0.1) is 5.82 Å².